The molecule has 1 saturated carbocycles. The molecule has 1 aliphatic carbocycles. The minimum absolute atomic E-state index is 0.00234. The molecule has 1 aliphatic rings. The molecule has 0 bridgehead atoms. The molecule has 2 nitrogen and oxygen atoms in total. The Morgan fingerprint density at radius 2 is 2.00 bits per heavy atom. The summed E-state index contributed by atoms with van der Waals surface area (Å²) in [5, 5.41) is 4.65. The van der Waals surface area contributed by atoms with Crippen molar-refractivity contribution in [2.45, 2.75) is 43.8 Å². The lowest BCUT2D eigenvalue weighted by Gasteiger charge is -2.20. The van der Waals surface area contributed by atoms with Crippen LogP contribution in [0.1, 0.15) is 38.5 Å². The lowest BCUT2D eigenvalue weighted by atomic mass is 10.0. The first-order valence-corrected chi connectivity index (χ1v) is 8.82. The molecule has 0 spiro atoms. The van der Waals surface area contributed by atoms with Crippen LogP contribution in [-0.2, 0) is 4.79 Å². The minimum atomic E-state index is -0.00234. The van der Waals surface area contributed by atoms with Gasteiger partial charge in [-0.2, -0.15) is 11.8 Å². The summed E-state index contributed by atoms with van der Waals surface area (Å²) in [7, 11) is 0. The topological polar surface area (TPSA) is 29.1 Å². The molecule has 0 atom stereocenters. The van der Waals surface area contributed by atoms with Gasteiger partial charge in [-0.25, -0.2) is 0 Å². The quantitative estimate of drug-likeness (QED) is 0.783. The van der Waals surface area contributed by atoms with Crippen LogP contribution in [0.2, 0.25) is 10.0 Å². The summed E-state index contributed by atoms with van der Waals surface area (Å²) < 4.78 is 0. The molecular formula is C15H19Cl2NOS. The third-order valence-corrected chi connectivity index (χ3v) is 5.38. The number of benzene rings is 1. The van der Waals surface area contributed by atoms with Gasteiger partial charge in [0, 0.05) is 22.4 Å². The number of halogens is 2. The third-order valence-electron chi connectivity index (χ3n) is 3.44. The van der Waals surface area contributed by atoms with Crippen LogP contribution in [0.3, 0.4) is 0 Å². The van der Waals surface area contributed by atoms with Gasteiger partial charge in [0.2, 0.25) is 5.91 Å². The van der Waals surface area contributed by atoms with Crippen molar-refractivity contribution in [3.8, 4) is 0 Å². The van der Waals surface area contributed by atoms with E-state index in [0.29, 0.717) is 22.2 Å². The third kappa shape index (κ3) is 5.19. The van der Waals surface area contributed by atoms with Crippen LogP contribution in [0.4, 0.5) is 5.69 Å². The molecule has 1 N–H and O–H groups in total. The van der Waals surface area contributed by atoms with Crippen LogP contribution >= 0.6 is 35.0 Å². The van der Waals surface area contributed by atoms with Crippen LogP contribution in [0, 0.1) is 0 Å². The molecule has 0 heterocycles. The molecule has 0 saturated heterocycles. The lowest BCUT2D eigenvalue weighted by molar-refractivity contribution is -0.115. The van der Waals surface area contributed by atoms with Gasteiger partial charge in [-0.05, 0) is 31.0 Å². The molecule has 20 heavy (non-hydrogen) atoms. The molecule has 5 heteroatoms. The van der Waals surface area contributed by atoms with Crippen molar-refractivity contribution in [3.05, 3.63) is 28.2 Å². The average molecular weight is 332 g/mol. The SMILES string of the molecule is O=C(CCSC1CCCCC1)Nc1cc(Cl)ccc1Cl. The molecule has 1 aromatic carbocycles. The molecule has 1 fully saturated rings. The highest BCUT2D eigenvalue weighted by atomic mass is 35.5. The Balaban J connectivity index is 1.73. The Hall–Kier alpha value is -0.380. The maximum Gasteiger partial charge on any atom is 0.225 e. The van der Waals surface area contributed by atoms with Crippen molar-refractivity contribution in [1.82, 2.24) is 0 Å². The molecule has 2 rings (SSSR count). The van der Waals surface area contributed by atoms with E-state index in [4.69, 9.17) is 23.2 Å². The number of carbonyl (C=O) groups is 1. The molecule has 0 aliphatic heterocycles. The molecule has 110 valence electrons. The van der Waals surface area contributed by atoms with Gasteiger partial charge >= 0.3 is 0 Å². The summed E-state index contributed by atoms with van der Waals surface area (Å²) in [6.45, 7) is 0. The zero-order chi connectivity index (χ0) is 14.4. The van der Waals surface area contributed by atoms with Crippen molar-refractivity contribution < 1.29 is 4.79 Å². The van der Waals surface area contributed by atoms with E-state index < -0.39 is 0 Å². The van der Waals surface area contributed by atoms with Crippen LogP contribution < -0.4 is 5.32 Å². The fraction of sp³-hybridized carbons (Fsp3) is 0.533. The van der Waals surface area contributed by atoms with Crippen LogP contribution in [0.25, 0.3) is 0 Å². The first-order valence-electron chi connectivity index (χ1n) is 7.01. The molecule has 1 amide bonds. The second-order valence-corrected chi connectivity index (χ2v) is 7.31. The summed E-state index contributed by atoms with van der Waals surface area (Å²) in [5.74, 6) is 0.867. The minimum Gasteiger partial charge on any atom is -0.325 e. The number of hydrogen-bond acceptors (Lipinski definition) is 2. The lowest BCUT2D eigenvalue weighted by Crippen LogP contribution is -2.14. The monoisotopic (exact) mass is 331 g/mol. The number of rotatable bonds is 5. The highest BCUT2D eigenvalue weighted by molar-refractivity contribution is 7.99. The number of anilines is 1. The maximum absolute atomic E-state index is 11.9. The smallest absolute Gasteiger partial charge is 0.225 e. The molecule has 0 radical (unpaired) electrons. The van der Waals surface area contributed by atoms with Crippen LogP contribution in [0.5, 0.6) is 0 Å². The number of hydrogen-bond donors (Lipinski definition) is 1. The van der Waals surface area contributed by atoms with Gasteiger partial charge in [0.05, 0.1) is 10.7 Å². The van der Waals surface area contributed by atoms with E-state index in [-0.39, 0.29) is 5.91 Å². The Morgan fingerprint density at radius 3 is 2.75 bits per heavy atom. The van der Waals surface area contributed by atoms with Crippen molar-refractivity contribution in [1.29, 1.82) is 0 Å². The largest absolute Gasteiger partial charge is 0.325 e. The summed E-state index contributed by atoms with van der Waals surface area (Å²) in [6, 6.07) is 5.07. The number of amides is 1. The molecular weight excluding hydrogens is 313 g/mol. The number of thioether (sulfide) groups is 1. The fourth-order valence-electron chi connectivity index (χ4n) is 2.36. The average Bonchev–Trinajstić information content (AvgIpc) is 2.44. The molecule has 0 unspecified atom stereocenters. The summed E-state index contributed by atoms with van der Waals surface area (Å²) in [5.41, 5.74) is 0.590. The Kier molecular flexibility index (Phi) is 6.53. The van der Waals surface area contributed by atoms with E-state index >= 15 is 0 Å². The zero-order valence-corrected chi connectivity index (χ0v) is 13.7. The predicted octanol–water partition coefficient (Wildman–Crippen LogP) is 5.39. The number of nitrogens with one attached hydrogen (secondary N) is 1. The van der Waals surface area contributed by atoms with E-state index in [0.717, 1.165) is 11.0 Å². The molecule has 1 aromatic rings. The molecule has 0 aromatic heterocycles. The van der Waals surface area contributed by atoms with E-state index in [2.05, 4.69) is 5.32 Å². The summed E-state index contributed by atoms with van der Waals surface area (Å²) in [6.07, 6.45) is 7.15. The first kappa shape index (κ1) is 16.0. The second-order valence-electron chi connectivity index (χ2n) is 5.05. The van der Waals surface area contributed by atoms with E-state index in [1.165, 1.54) is 32.1 Å². The van der Waals surface area contributed by atoms with Crippen molar-refractivity contribution in [3.63, 3.8) is 0 Å². The van der Waals surface area contributed by atoms with Gasteiger partial charge < -0.3 is 5.32 Å². The van der Waals surface area contributed by atoms with Crippen molar-refractivity contribution in [2.75, 3.05) is 11.1 Å². The van der Waals surface area contributed by atoms with Gasteiger partial charge in [-0.3, -0.25) is 4.79 Å². The zero-order valence-electron chi connectivity index (χ0n) is 11.3. The summed E-state index contributed by atoms with van der Waals surface area (Å²) in [4.78, 5) is 11.9. The van der Waals surface area contributed by atoms with Crippen LogP contribution in [-0.4, -0.2) is 16.9 Å². The van der Waals surface area contributed by atoms with Gasteiger partial charge in [0.25, 0.3) is 0 Å². The van der Waals surface area contributed by atoms with E-state index in [1.807, 2.05) is 11.8 Å². The Morgan fingerprint density at radius 1 is 1.25 bits per heavy atom. The van der Waals surface area contributed by atoms with Gasteiger partial charge in [-0.1, -0.05) is 42.5 Å². The predicted molar refractivity (Wildman–Crippen MR) is 89.0 cm³/mol. The van der Waals surface area contributed by atoms with Crippen LogP contribution in [0.15, 0.2) is 18.2 Å². The number of carbonyl (C=O) groups excluding carboxylic acids is 1. The van der Waals surface area contributed by atoms with Gasteiger partial charge in [0.15, 0.2) is 0 Å². The van der Waals surface area contributed by atoms with Gasteiger partial charge in [0.1, 0.15) is 0 Å². The van der Waals surface area contributed by atoms with Gasteiger partial charge in [-0.15, -0.1) is 0 Å². The Bertz CT molecular complexity index is 461. The standard InChI is InChI=1S/C15H19Cl2NOS/c16-11-6-7-13(17)14(10-11)18-15(19)8-9-20-12-4-2-1-3-5-12/h6-7,10,12H,1-5,8-9H2,(H,18,19). The highest BCUT2D eigenvalue weighted by Gasteiger charge is 2.14. The first-order chi connectivity index (χ1) is 9.65. The summed E-state index contributed by atoms with van der Waals surface area (Å²) >= 11 is 13.8. The fourth-order valence-corrected chi connectivity index (χ4v) is 4.00. The highest BCUT2D eigenvalue weighted by Crippen LogP contribution is 2.29. The second kappa shape index (κ2) is 8.16. The van der Waals surface area contributed by atoms with Crippen molar-refractivity contribution in [2.24, 2.45) is 0 Å². The van der Waals surface area contributed by atoms with E-state index in [1.54, 1.807) is 18.2 Å². The Labute approximate surface area is 134 Å². The normalized spacial score (nSPS) is 16.1. The maximum atomic E-state index is 11.9. The van der Waals surface area contributed by atoms with Crippen molar-refractivity contribution >= 4 is 46.6 Å². The van der Waals surface area contributed by atoms with E-state index in [9.17, 15) is 4.79 Å².